The highest BCUT2D eigenvalue weighted by molar-refractivity contribution is 7.13. The smallest absolute Gasteiger partial charge is 0.242 e. The number of carbonyl (C=O) groups excluding carboxylic acids is 2. The zero-order valence-corrected chi connectivity index (χ0v) is 15.5. The number of nitrogens with one attached hydrogen (secondary N) is 1. The van der Waals surface area contributed by atoms with E-state index in [0.29, 0.717) is 6.54 Å². The molecule has 0 unspecified atom stereocenters. The Hall–Kier alpha value is -1.47. The lowest BCUT2D eigenvalue weighted by atomic mass is 9.96. The summed E-state index contributed by atoms with van der Waals surface area (Å²) in [5.74, 6) is 0.319. The minimum atomic E-state index is 0.0485. The fourth-order valence-corrected chi connectivity index (χ4v) is 3.49. The highest BCUT2D eigenvalue weighted by Gasteiger charge is 2.26. The van der Waals surface area contributed by atoms with Crippen LogP contribution in [0.4, 0.5) is 5.13 Å². The minimum Gasteiger partial charge on any atom is -0.356 e. The molecule has 7 heteroatoms. The summed E-state index contributed by atoms with van der Waals surface area (Å²) in [7, 11) is 1.76. The van der Waals surface area contributed by atoms with Gasteiger partial charge in [0.1, 0.15) is 0 Å². The fraction of sp³-hybridized carbons (Fsp3) is 0.706. The second-order valence-corrected chi connectivity index (χ2v) is 7.19. The topological polar surface area (TPSA) is 65.5 Å². The Kier molecular flexibility index (Phi) is 7.65. The Bertz CT molecular complexity index is 513. The summed E-state index contributed by atoms with van der Waals surface area (Å²) < 4.78 is 0. The number of nitrogens with zero attached hydrogens (tertiary/aromatic N) is 3. The molecule has 0 aliphatic carbocycles. The van der Waals surface area contributed by atoms with Gasteiger partial charge in [0.2, 0.25) is 11.8 Å². The molecule has 24 heavy (non-hydrogen) atoms. The maximum absolute atomic E-state index is 12.3. The number of unbranched alkanes of at least 4 members (excludes halogenated alkanes) is 2. The average Bonchev–Trinajstić information content (AvgIpc) is 3.13. The van der Waals surface area contributed by atoms with E-state index in [1.807, 2.05) is 5.38 Å². The van der Waals surface area contributed by atoms with Gasteiger partial charge in [0.05, 0.1) is 6.54 Å². The molecule has 1 aliphatic rings. The van der Waals surface area contributed by atoms with E-state index in [0.717, 1.165) is 56.9 Å². The van der Waals surface area contributed by atoms with Crippen molar-refractivity contribution in [2.45, 2.75) is 39.0 Å². The van der Waals surface area contributed by atoms with E-state index in [4.69, 9.17) is 0 Å². The van der Waals surface area contributed by atoms with Gasteiger partial charge in [-0.1, -0.05) is 19.8 Å². The first-order chi connectivity index (χ1) is 11.6. The Morgan fingerprint density at radius 2 is 2.12 bits per heavy atom. The normalized spacial score (nSPS) is 16.1. The molecular formula is C17H28N4O2S. The minimum absolute atomic E-state index is 0.0485. The summed E-state index contributed by atoms with van der Waals surface area (Å²) in [4.78, 5) is 32.3. The van der Waals surface area contributed by atoms with Crippen LogP contribution < -0.4 is 10.2 Å². The molecule has 0 aromatic carbocycles. The number of carbonyl (C=O) groups is 2. The Balaban J connectivity index is 1.68. The molecule has 0 atom stereocenters. The van der Waals surface area contributed by atoms with Crippen molar-refractivity contribution in [2.75, 3.05) is 38.1 Å². The van der Waals surface area contributed by atoms with Crippen LogP contribution in [0, 0.1) is 5.92 Å². The van der Waals surface area contributed by atoms with Crippen molar-refractivity contribution < 1.29 is 9.59 Å². The van der Waals surface area contributed by atoms with Gasteiger partial charge in [0.15, 0.2) is 5.13 Å². The number of likely N-dealkylation sites (N-methyl/N-ethyl adjacent to an activating group) is 1. The van der Waals surface area contributed by atoms with Crippen LogP contribution in [-0.2, 0) is 9.59 Å². The number of amides is 2. The summed E-state index contributed by atoms with van der Waals surface area (Å²) in [6.07, 6.45) is 6.74. The van der Waals surface area contributed by atoms with Crippen LogP contribution in [0.15, 0.2) is 11.6 Å². The number of likely N-dealkylation sites (tertiary alicyclic amines) is 1. The maximum atomic E-state index is 12.3. The van der Waals surface area contributed by atoms with Crippen molar-refractivity contribution in [3.63, 3.8) is 0 Å². The lowest BCUT2D eigenvalue weighted by Gasteiger charge is -2.31. The summed E-state index contributed by atoms with van der Waals surface area (Å²) in [6, 6.07) is 0. The van der Waals surface area contributed by atoms with Crippen molar-refractivity contribution in [3.05, 3.63) is 11.6 Å². The Labute approximate surface area is 148 Å². The third-order valence-corrected chi connectivity index (χ3v) is 5.33. The summed E-state index contributed by atoms with van der Waals surface area (Å²) >= 11 is 1.46. The van der Waals surface area contributed by atoms with Crippen molar-refractivity contribution in [1.82, 2.24) is 15.2 Å². The lowest BCUT2D eigenvalue weighted by molar-refractivity contribution is -0.126. The summed E-state index contributed by atoms with van der Waals surface area (Å²) in [5.41, 5.74) is 0. The number of rotatable bonds is 8. The molecule has 0 radical (unpaired) electrons. The van der Waals surface area contributed by atoms with Gasteiger partial charge in [-0.05, 0) is 32.4 Å². The van der Waals surface area contributed by atoms with Crippen LogP contribution in [0.2, 0.25) is 0 Å². The highest BCUT2D eigenvalue weighted by Crippen LogP contribution is 2.19. The molecule has 0 spiro atoms. The number of aromatic nitrogens is 1. The molecule has 0 saturated carbocycles. The Morgan fingerprint density at radius 3 is 2.75 bits per heavy atom. The number of thiazole rings is 1. The first-order valence-electron chi connectivity index (χ1n) is 8.78. The van der Waals surface area contributed by atoms with Crippen molar-refractivity contribution in [1.29, 1.82) is 0 Å². The van der Waals surface area contributed by atoms with Crippen molar-refractivity contribution in [3.8, 4) is 0 Å². The molecular weight excluding hydrogens is 324 g/mol. The van der Waals surface area contributed by atoms with Crippen LogP contribution in [0.25, 0.3) is 0 Å². The zero-order chi connectivity index (χ0) is 17.4. The van der Waals surface area contributed by atoms with Gasteiger partial charge in [-0.2, -0.15) is 0 Å². The average molecular weight is 353 g/mol. The van der Waals surface area contributed by atoms with Gasteiger partial charge in [0, 0.05) is 31.1 Å². The van der Waals surface area contributed by atoms with E-state index in [2.05, 4.69) is 22.1 Å². The third-order valence-electron chi connectivity index (χ3n) is 4.48. The zero-order valence-electron chi connectivity index (χ0n) is 14.7. The number of hydrogen-bond acceptors (Lipinski definition) is 5. The predicted octanol–water partition coefficient (Wildman–Crippen LogP) is 2.12. The predicted molar refractivity (Wildman–Crippen MR) is 97.2 cm³/mol. The lowest BCUT2D eigenvalue weighted by Crippen LogP contribution is -2.45. The molecule has 2 amide bonds. The van der Waals surface area contributed by atoms with Gasteiger partial charge in [-0.15, -0.1) is 11.3 Å². The van der Waals surface area contributed by atoms with Crippen molar-refractivity contribution >= 4 is 28.3 Å². The first kappa shape index (κ1) is 18.9. The van der Waals surface area contributed by atoms with Crippen LogP contribution in [-0.4, -0.2) is 54.9 Å². The number of piperidine rings is 1. The highest BCUT2D eigenvalue weighted by atomic mass is 32.1. The second kappa shape index (κ2) is 9.74. The molecule has 1 fully saturated rings. The molecule has 1 saturated heterocycles. The molecule has 6 nitrogen and oxygen atoms in total. The largest absolute Gasteiger partial charge is 0.356 e. The fourth-order valence-electron chi connectivity index (χ4n) is 2.87. The molecule has 134 valence electrons. The maximum Gasteiger partial charge on any atom is 0.242 e. The van der Waals surface area contributed by atoms with E-state index < -0.39 is 0 Å². The van der Waals surface area contributed by atoms with Crippen molar-refractivity contribution in [2.24, 2.45) is 5.92 Å². The third kappa shape index (κ3) is 5.56. The van der Waals surface area contributed by atoms with E-state index in [1.54, 1.807) is 18.1 Å². The van der Waals surface area contributed by atoms with Gasteiger partial charge in [0.25, 0.3) is 0 Å². The van der Waals surface area contributed by atoms with Crippen LogP contribution in [0.3, 0.4) is 0 Å². The molecule has 2 rings (SSSR count). The monoisotopic (exact) mass is 352 g/mol. The van der Waals surface area contributed by atoms with E-state index in [-0.39, 0.29) is 17.7 Å². The first-order valence-corrected chi connectivity index (χ1v) is 9.66. The van der Waals surface area contributed by atoms with Crippen LogP contribution >= 0.6 is 11.3 Å². The van der Waals surface area contributed by atoms with Gasteiger partial charge in [-0.3, -0.25) is 19.4 Å². The molecule has 1 aromatic heterocycles. The number of hydrogen-bond donors (Lipinski definition) is 1. The molecule has 1 aliphatic heterocycles. The molecule has 2 heterocycles. The standard InChI is InChI=1S/C17H28N4O2S/c1-3-4-5-8-18-16(23)14-6-10-21(11-7-14)13-15(22)20(2)17-19-9-12-24-17/h9,12,14H,3-8,10-11,13H2,1-2H3,(H,18,23). The van der Waals surface area contributed by atoms with Gasteiger partial charge >= 0.3 is 0 Å². The Morgan fingerprint density at radius 1 is 1.38 bits per heavy atom. The van der Waals surface area contributed by atoms with Crippen LogP contribution in [0.1, 0.15) is 39.0 Å². The van der Waals surface area contributed by atoms with Gasteiger partial charge < -0.3 is 5.32 Å². The molecule has 1 N–H and O–H groups in total. The SMILES string of the molecule is CCCCCNC(=O)C1CCN(CC(=O)N(C)c2nccs2)CC1. The number of anilines is 1. The second-order valence-electron chi connectivity index (χ2n) is 6.32. The van der Waals surface area contributed by atoms with E-state index >= 15 is 0 Å². The molecule has 0 bridgehead atoms. The summed E-state index contributed by atoms with van der Waals surface area (Å²) in [5, 5.41) is 5.63. The van der Waals surface area contributed by atoms with E-state index in [9.17, 15) is 9.59 Å². The van der Waals surface area contributed by atoms with E-state index in [1.165, 1.54) is 11.3 Å². The van der Waals surface area contributed by atoms with Crippen LogP contribution in [0.5, 0.6) is 0 Å². The summed E-state index contributed by atoms with van der Waals surface area (Å²) in [6.45, 7) is 4.92. The quantitative estimate of drug-likeness (QED) is 0.728. The van der Waals surface area contributed by atoms with Gasteiger partial charge in [-0.25, -0.2) is 4.98 Å². The molecule has 1 aromatic rings.